The molecule has 5 heteroatoms. The predicted octanol–water partition coefficient (Wildman–Crippen LogP) is 1.69. The van der Waals surface area contributed by atoms with E-state index in [4.69, 9.17) is 14.2 Å². The summed E-state index contributed by atoms with van der Waals surface area (Å²) in [5.41, 5.74) is 1.13. The maximum atomic E-state index is 5.52. The molecule has 0 saturated carbocycles. The molecule has 0 spiro atoms. The first-order valence-electron chi connectivity index (χ1n) is 7.47. The summed E-state index contributed by atoms with van der Waals surface area (Å²) in [7, 11) is 5.38. The van der Waals surface area contributed by atoms with Gasteiger partial charge in [0.2, 0.25) is 0 Å². The lowest BCUT2D eigenvalue weighted by Gasteiger charge is -2.27. The Balaban J connectivity index is 2.15. The maximum Gasteiger partial charge on any atom is 0.123 e. The highest BCUT2D eigenvalue weighted by molar-refractivity contribution is 5.42. The predicted molar refractivity (Wildman–Crippen MR) is 83.2 cm³/mol. The summed E-state index contributed by atoms with van der Waals surface area (Å²) < 4.78 is 16.4. The maximum absolute atomic E-state index is 5.52. The van der Waals surface area contributed by atoms with Gasteiger partial charge in [-0.1, -0.05) is 0 Å². The molecule has 0 bridgehead atoms. The zero-order chi connectivity index (χ0) is 15.1. The number of nitrogens with zero attached hydrogens (tertiary/aromatic N) is 1. The van der Waals surface area contributed by atoms with Crippen LogP contribution in [-0.2, 0) is 4.74 Å². The van der Waals surface area contributed by atoms with Gasteiger partial charge in [-0.15, -0.1) is 0 Å². The molecule has 1 unspecified atom stereocenters. The largest absolute Gasteiger partial charge is 0.497 e. The Hall–Kier alpha value is -1.30. The molecule has 21 heavy (non-hydrogen) atoms. The van der Waals surface area contributed by atoms with Gasteiger partial charge in [-0.05, 0) is 31.7 Å². The van der Waals surface area contributed by atoms with Crippen LogP contribution in [0, 0.1) is 0 Å². The minimum absolute atomic E-state index is 0.202. The average molecular weight is 294 g/mol. The first kappa shape index (κ1) is 16.1. The van der Waals surface area contributed by atoms with Crippen LogP contribution >= 0.6 is 0 Å². The van der Waals surface area contributed by atoms with Gasteiger partial charge in [0.1, 0.15) is 11.5 Å². The fourth-order valence-electron chi connectivity index (χ4n) is 2.70. The van der Waals surface area contributed by atoms with Gasteiger partial charge in [0.05, 0.1) is 20.8 Å². The number of benzene rings is 1. The molecule has 1 aromatic carbocycles. The van der Waals surface area contributed by atoms with Gasteiger partial charge in [0.15, 0.2) is 0 Å². The molecule has 0 aliphatic carbocycles. The first-order chi connectivity index (χ1) is 10.3. The van der Waals surface area contributed by atoms with Crippen LogP contribution in [0.25, 0.3) is 0 Å². The number of hydrogen-bond acceptors (Lipinski definition) is 5. The van der Waals surface area contributed by atoms with Crippen molar-refractivity contribution >= 4 is 0 Å². The van der Waals surface area contributed by atoms with Crippen molar-refractivity contribution in [2.45, 2.75) is 12.5 Å². The molecule has 1 aliphatic heterocycles. The summed E-state index contributed by atoms with van der Waals surface area (Å²) in [5, 5.41) is 3.39. The van der Waals surface area contributed by atoms with Crippen LogP contribution in [0.2, 0.25) is 0 Å². The fraction of sp³-hybridized carbons (Fsp3) is 0.625. The van der Waals surface area contributed by atoms with Crippen LogP contribution in [0.1, 0.15) is 18.0 Å². The molecule has 0 radical (unpaired) electrons. The molecule has 0 amide bonds. The van der Waals surface area contributed by atoms with Crippen molar-refractivity contribution in [2.75, 3.05) is 54.1 Å². The second-order valence-corrected chi connectivity index (χ2v) is 5.22. The highest BCUT2D eigenvalue weighted by Gasteiger charge is 2.20. The Morgan fingerprint density at radius 2 is 2.10 bits per heavy atom. The molecule has 2 rings (SSSR count). The summed E-state index contributed by atoms with van der Waals surface area (Å²) in [5.74, 6) is 1.74. The third kappa shape index (κ3) is 4.33. The lowest BCUT2D eigenvalue weighted by atomic mass is 10.0. The molecule has 5 nitrogen and oxygen atoms in total. The standard InChI is InChI=1S/C16H26N2O3/c1-17-15(12-18-7-4-9-21-10-8-18)14-11-13(19-2)5-6-16(14)20-3/h5-6,11,15,17H,4,7-10,12H2,1-3H3. The Labute approximate surface area is 127 Å². The molecule has 1 atom stereocenters. The van der Waals surface area contributed by atoms with Gasteiger partial charge in [-0.2, -0.15) is 0 Å². The normalized spacial score (nSPS) is 18.0. The first-order valence-corrected chi connectivity index (χ1v) is 7.47. The van der Waals surface area contributed by atoms with Crippen molar-refractivity contribution in [3.05, 3.63) is 23.8 Å². The number of methoxy groups -OCH3 is 2. The van der Waals surface area contributed by atoms with Crippen LogP contribution in [0.5, 0.6) is 11.5 Å². The zero-order valence-electron chi connectivity index (χ0n) is 13.2. The monoisotopic (exact) mass is 294 g/mol. The number of likely N-dealkylation sites (N-methyl/N-ethyl adjacent to an activating group) is 1. The molecule has 1 fully saturated rings. The van der Waals surface area contributed by atoms with Gasteiger partial charge in [0.25, 0.3) is 0 Å². The van der Waals surface area contributed by atoms with E-state index in [-0.39, 0.29) is 6.04 Å². The van der Waals surface area contributed by atoms with E-state index in [1.54, 1.807) is 14.2 Å². The Morgan fingerprint density at radius 1 is 1.24 bits per heavy atom. The minimum Gasteiger partial charge on any atom is -0.497 e. The highest BCUT2D eigenvalue weighted by Crippen LogP contribution is 2.29. The van der Waals surface area contributed by atoms with E-state index in [1.165, 1.54) is 0 Å². The van der Waals surface area contributed by atoms with Gasteiger partial charge in [-0.25, -0.2) is 0 Å². The number of rotatable bonds is 6. The highest BCUT2D eigenvalue weighted by atomic mass is 16.5. The zero-order valence-corrected chi connectivity index (χ0v) is 13.2. The van der Waals surface area contributed by atoms with Crippen molar-refractivity contribution in [3.8, 4) is 11.5 Å². The van der Waals surface area contributed by atoms with E-state index in [0.29, 0.717) is 0 Å². The van der Waals surface area contributed by atoms with Crippen LogP contribution in [0.3, 0.4) is 0 Å². The van der Waals surface area contributed by atoms with Gasteiger partial charge in [0, 0.05) is 37.8 Å². The van der Waals surface area contributed by atoms with Crippen LogP contribution in [-0.4, -0.2) is 59.0 Å². The molecule has 118 valence electrons. The molecule has 1 heterocycles. The van der Waals surface area contributed by atoms with Gasteiger partial charge < -0.3 is 19.5 Å². The summed E-state index contributed by atoms with van der Waals surface area (Å²) in [6.45, 7) is 4.66. The topological polar surface area (TPSA) is 43.0 Å². The quantitative estimate of drug-likeness (QED) is 0.865. The molecule has 1 aromatic rings. The second-order valence-electron chi connectivity index (χ2n) is 5.22. The molecule has 1 N–H and O–H groups in total. The van der Waals surface area contributed by atoms with Crippen LogP contribution in [0.15, 0.2) is 18.2 Å². The third-order valence-corrected chi connectivity index (χ3v) is 3.92. The van der Waals surface area contributed by atoms with Gasteiger partial charge >= 0.3 is 0 Å². The lowest BCUT2D eigenvalue weighted by molar-refractivity contribution is 0.139. The number of hydrogen-bond donors (Lipinski definition) is 1. The Morgan fingerprint density at radius 3 is 2.81 bits per heavy atom. The van der Waals surface area contributed by atoms with Crippen molar-refractivity contribution in [1.29, 1.82) is 0 Å². The van der Waals surface area contributed by atoms with Crippen molar-refractivity contribution in [3.63, 3.8) is 0 Å². The van der Waals surface area contributed by atoms with Crippen molar-refractivity contribution < 1.29 is 14.2 Å². The second kappa shape index (κ2) is 8.22. The average Bonchev–Trinajstić information content (AvgIpc) is 2.80. The van der Waals surface area contributed by atoms with E-state index in [2.05, 4.69) is 10.2 Å². The summed E-state index contributed by atoms with van der Waals surface area (Å²) >= 11 is 0. The molecule has 1 aliphatic rings. The number of ether oxygens (including phenoxy) is 3. The van der Waals surface area contributed by atoms with Crippen molar-refractivity contribution in [2.24, 2.45) is 0 Å². The molecule has 1 saturated heterocycles. The van der Waals surface area contributed by atoms with E-state index in [9.17, 15) is 0 Å². The Bertz CT molecular complexity index is 432. The van der Waals surface area contributed by atoms with E-state index in [0.717, 1.165) is 56.3 Å². The van der Waals surface area contributed by atoms with E-state index < -0.39 is 0 Å². The van der Waals surface area contributed by atoms with E-state index >= 15 is 0 Å². The SMILES string of the molecule is CNC(CN1CCCOCC1)c1cc(OC)ccc1OC. The summed E-state index contributed by atoms with van der Waals surface area (Å²) in [6, 6.07) is 6.14. The molecule has 0 aromatic heterocycles. The Kier molecular flexibility index (Phi) is 6.29. The molecular weight excluding hydrogens is 268 g/mol. The minimum atomic E-state index is 0.202. The summed E-state index contributed by atoms with van der Waals surface area (Å²) in [6.07, 6.45) is 1.09. The van der Waals surface area contributed by atoms with Crippen LogP contribution < -0.4 is 14.8 Å². The van der Waals surface area contributed by atoms with Gasteiger partial charge in [-0.3, -0.25) is 4.90 Å². The smallest absolute Gasteiger partial charge is 0.123 e. The summed E-state index contributed by atoms with van der Waals surface area (Å²) in [4.78, 5) is 2.44. The van der Waals surface area contributed by atoms with Crippen LogP contribution in [0.4, 0.5) is 0 Å². The third-order valence-electron chi connectivity index (χ3n) is 3.92. The lowest BCUT2D eigenvalue weighted by Crippen LogP contribution is -2.35. The molecular formula is C16H26N2O3. The van der Waals surface area contributed by atoms with Crippen molar-refractivity contribution in [1.82, 2.24) is 10.2 Å². The van der Waals surface area contributed by atoms with E-state index in [1.807, 2.05) is 25.2 Å². The number of nitrogens with one attached hydrogen (secondary N) is 1. The fourth-order valence-corrected chi connectivity index (χ4v) is 2.70.